The SMILES string of the molecule is CNC(c1cc(C)oc1C)C1(C)CCCCC1. The molecule has 1 unspecified atom stereocenters. The third-order valence-corrected chi connectivity index (χ3v) is 4.37. The Hall–Kier alpha value is -0.760. The van der Waals surface area contributed by atoms with Gasteiger partial charge in [0.05, 0.1) is 0 Å². The fourth-order valence-electron chi connectivity index (χ4n) is 3.46. The van der Waals surface area contributed by atoms with Gasteiger partial charge in [-0.25, -0.2) is 0 Å². The Morgan fingerprint density at radius 2 is 1.88 bits per heavy atom. The van der Waals surface area contributed by atoms with E-state index in [1.54, 1.807) is 0 Å². The van der Waals surface area contributed by atoms with Gasteiger partial charge in [-0.2, -0.15) is 0 Å². The topological polar surface area (TPSA) is 25.2 Å². The first-order valence-electron chi connectivity index (χ1n) is 6.81. The molecule has 0 spiro atoms. The lowest BCUT2D eigenvalue weighted by molar-refractivity contribution is 0.149. The molecule has 2 nitrogen and oxygen atoms in total. The molecule has 0 aliphatic heterocycles. The van der Waals surface area contributed by atoms with Gasteiger partial charge in [0.25, 0.3) is 0 Å². The zero-order valence-electron chi connectivity index (χ0n) is 11.6. The van der Waals surface area contributed by atoms with Crippen LogP contribution in [0.15, 0.2) is 10.5 Å². The van der Waals surface area contributed by atoms with Crippen molar-refractivity contribution in [2.24, 2.45) is 5.41 Å². The second-order valence-corrected chi connectivity index (χ2v) is 5.80. The van der Waals surface area contributed by atoms with Gasteiger partial charge in [0.2, 0.25) is 0 Å². The second-order valence-electron chi connectivity index (χ2n) is 5.80. The predicted octanol–water partition coefficient (Wildman–Crippen LogP) is 4.13. The first-order chi connectivity index (χ1) is 8.07. The van der Waals surface area contributed by atoms with Crippen LogP contribution in [0.2, 0.25) is 0 Å². The normalized spacial score (nSPS) is 21.4. The lowest BCUT2D eigenvalue weighted by Gasteiger charge is -2.40. The standard InChI is InChI=1S/C15H25NO/c1-11-10-13(12(2)17-11)14(16-4)15(3)8-6-5-7-9-15/h10,14,16H,5-9H2,1-4H3. The molecule has 0 aromatic carbocycles. The van der Waals surface area contributed by atoms with Crippen LogP contribution in [0, 0.1) is 19.3 Å². The van der Waals surface area contributed by atoms with Gasteiger partial charge >= 0.3 is 0 Å². The summed E-state index contributed by atoms with van der Waals surface area (Å²) >= 11 is 0. The molecule has 0 bridgehead atoms. The lowest BCUT2D eigenvalue weighted by Crippen LogP contribution is -2.36. The number of nitrogens with one attached hydrogen (secondary N) is 1. The zero-order chi connectivity index (χ0) is 12.5. The number of hydrogen-bond acceptors (Lipinski definition) is 2. The summed E-state index contributed by atoms with van der Waals surface area (Å²) in [4.78, 5) is 0. The van der Waals surface area contributed by atoms with E-state index in [4.69, 9.17) is 4.42 Å². The highest BCUT2D eigenvalue weighted by Gasteiger charge is 2.37. The van der Waals surface area contributed by atoms with Crippen LogP contribution in [-0.4, -0.2) is 7.05 Å². The Bertz CT molecular complexity index is 374. The molecule has 1 fully saturated rings. The molecule has 1 aromatic heterocycles. The summed E-state index contributed by atoms with van der Waals surface area (Å²) < 4.78 is 5.69. The van der Waals surface area contributed by atoms with E-state index in [-0.39, 0.29) is 0 Å². The summed E-state index contributed by atoms with van der Waals surface area (Å²) in [7, 11) is 2.08. The maximum absolute atomic E-state index is 5.69. The van der Waals surface area contributed by atoms with E-state index in [2.05, 4.69) is 32.3 Å². The summed E-state index contributed by atoms with van der Waals surface area (Å²) in [5.74, 6) is 2.10. The van der Waals surface area contributed by atoms with Gasteiger partial charge in [-0.05, 0) is 45.2 Å². The van der Waals surface area contributed by atoms with E-state index >= 15 is 0 Å². The Kier molecular flexibility index (Phi) is 3.62. The predicted molar refractivity (Wildman–Crippen MR) is 71.2 cm³/mol. The number of rotatable bonds is 3. The number of aryl methyl sites for hydroxylation is 2. The average molecular weight is 235 g/mol. The summed E-state index contributed by atoms with van der Waals surface area (Å²) in [6.07, 6.45) is 6.77. The molecule has 1 atom stereocenters. The molecule has 1 N–H and O–H groups in total. The van der Waals surface area contributed by atoms with Crippen LogP contribution in [0.25, 0.3) is 0 Å². The minimum absolute atomic E-state index is 0.383. The van der Waals surface area contributed by atoms with Gasteiger partial charge < -0.3 is 9.73 Å². The van der Waals surface area contributed by atoms with Crippen LogP contribution < -0.4 is 5.32 Å². The first-order valence-corrected chi connectivity index (χ1v) is 6.81. The monoisotopic (exact) mass is 235 g/mol. The molecule has 0 radical (unpaired) electrons. The molecule has 96 valence electrons. The third kappa shape index (κ3) is 2.42. The van der Waals surface area contributed by atoms with E-state index in [1.807, 2.05) is 6.92 Å². The molecular formula is C15H25NO. The van der Waals surface area contributed by atoms with Gasteiger partial charge in [0.1, 0.15) is 11.5 Å². The molecule has 1 aromatic rings. The molecule has 1 aliphatic carbocycles. The summed E-state index contributed by atoms with van der Waals surface area (Å²) in [5.41, 5.74) is 1.74. The van der Waals surface area contributed by atoms with Crippen molar-refractivity contribution in [2.45, 2.75) is 58.9 Å². The van der Waals surface area contributed by atoms with Crippen molar-refractivity contribution in [1.82, 2.24) is 5.32 Å². The van der Waals surface area contributed by atoms with Crippen LogP contribution in [0.3, 0.4) is 0 Å². The van der Waals surface area contributed by atoms with Crippen LogP contribution in [0.4, 0.5) is 0 Å². The van der Waals surface area contributed by atoms with Crippen molar-refractivity contribution in [2.75, 3.05) is 7.05 Å². The van der Waals surface area contributed by atoms with Crippen molar-refractivity contribution in [3.8, 4) is 0 Å². The average Bonchev–Trinajstić information content (AvgIpc) is 2.60. The fourth-order valence-corrected chi connectivity index (χ4v) is 3.46. The molecule has 2 rings (SSSR count). The molecule has 0 amide bonds. The Morgan fingerprint density at radius 3 is 2.35 bits per heavy atom. The highest BCUT2D eigenvalue weighted by molar-refractivity contribution is 5.26. The summed E-state index contributed by atoms with van der Waals surface area (Å²) in [6, 6.07) is 2.64. The van der Waals surface area contributed by atoms with Gasteiger partial charge in [0, 0.05) is 11.6 Å². The smallest absolute Gasteiger partial charge is 0.105 e. The summed E-state index contributed by atoms with van der Waals surface area (Å²) in [6.45, 7) is 6.54. The van der Waals surface area contributed by atoms with Gasteiger partial charge in [0.15, 0.2) is 0 Å². The highest BCUT2D eigenvalue weighted by Crippen LogP contribution is 2.46. The van der Waals surface area contributed by atoms with Gasteiger partial charge in [-0.1, -0.05) is 26.2 Å². The first kappa shape index (κ1) is 12.7. The quantitative estimate of drug-likeness (QED) is 0.852. The lowest BCUT2D eigenvalue weighted by atomic mass is 9.68. The van der Waals surface area contributed by atoms with Crippen molar-refractivity contribution in [3.63, 3.8) is 0 Å². The van der Waals surface area contributed by atoms with Crippen molar-refractivity contribution < 1.29 is 4.42 Å². The Balaban J connectivity index is 2.29. The zero-order valence-corrected chi connectivity index (χ0v) is 11.6. The second kappa shape index (κ2) is 4.85. The maximum Gasteiger partial charge on any atom is 0.105 e. The van der Waals surface area contributed by atoms with E-state index in [9.17, 15) is 0 Å². The van der Waals surface area contributed by atoms with Crippen molar-refractivity contribution >= 4 is 0 Å². The maximum atomic E-state index is 5.69. The van der Waals surface area contributed by atoms with Crippen LogP contribution in [0.1, 0.15) is 62.2 Å². The number of furan rings is 1. The molecule has 17 heavy (non-hydrogen) atoms. The number of hydrogen-bond donors (Lipinski definition) is 1. The Morgan fingerprint density at radius 1 is 1.24 bits per heavy atom. The molecule has 0 saturated heterocycles. The minimum atomic E-state index is 0.383. The minimum Gasteiger partial charge on any atom is -0.466 e. The van der Waals surface area contributed by atoms with Gasteiger partial charge in [-0.15, -0.1) is 0 Å². The molecule has 1 heterocycles. The van der Waals surface area contributed by atoms with E-state index in [0.717, 1.165) is 11.5 Å². The van der Waals surface area contributed by atoms with Crippen molar-refractivity contribution in [3.05, 3.63) is 23.2 Å². The van der Waals surface area contributed by atoms with Crippen LogP contribution >= 0.6 is 0 Å². The fraction of sp³-hybridized carbons (Fsp3) is 0.733. The van der Waals surface area contributed by atoms with E-state index in [1.165, 1.54) is 37.7 Å². The molecular weight excluding hydrogens is 210 g/mol. The largest absolute Gasteiger partial charge is 0.466 e. The summed E-state index contributed by atoms with van der Waals surface area (Å²) in [5, 5.41) is 3.52. The molecule has 1 aliphatic rings. The molecule has 1 saturated carbocycles. The van der Waals surface area contributed by atoms with Crippen molar-refractivity contribution in [1.29, 1.82) is 0 Å². The highest BCUT2D eigenvalue weighted by atomic mass is 16.3. The van der Waals surface area contributed by atoms with Gasteiger partial charge in [-0.3, -0.25) is 0 Å². The molecule has 2 heteroatoms. The van der Waals surface area contributed by atoms with Crippen LogP contribution in [-0.2, 0) is 0 Å². The Labute approximate surface area is 105 Å². The van der Waals surface area contributed by atoms with E-state index < -0.39 is 0 Å². The third-order valence-electron chi connectivity index (χ3n) is 4.37. The van der Waals surface area contributed by atoms with Crippen LogP contribution in [0.5, 0.6) is 0 Å². The van der Waals surface area contributed by atoms with E-state index in [0.29, 0.717) is 11.5 Å².